The monoisotopic (exact) mass is 272 g/mol. The first-order valence-corrected chi connectivity index (χ1v) is 6.28. The molecular weight excluding hydrogens is 256 g/mol. The van der Waals surface area contributed by atoms with Crippen LogP contribution in [-0.4, -0.2) is 10.0 Å². The molecule has 2 aromatic rings. The normalized spacial score (nSPS) is 10.3. The van der Waals surface area contributed by atoms with E-state index >= 15 is 0 Å². The SMILES string of the molecule is Cc1cc(NCc2cccc(CO)c2)ccc1[N+](=O)[O-]. The molecule has 104 valence electrons. The van der Waals surface area contributed by atoms with E-state index in [1.165, 1.54) is 6.07 Å². The molecule has 0 bridgehead atoms. The van der Waals surface area contributed by atoms with E-state index in [4.69, 9.17) is 5.11 Å². The average Bonchev–Trinajstić information content (AvgIpc) is 2.45. The minimum Gasteiger partial charge on any atom is -0.392 e. The molecule has 0 atom stereocenters. The number of aliphatic hydroxyl groups is 1. The number of aryl methyl sites for hydroxylation is 1. The summed E-state index contributed by atoms with van der Waals surface area (Å²) in [5, 5.41) is 23.0. The van der Waals surface area contributed by atoms with E-state index in [-0.39, 0.29) is 17.2 Å². The highest BCUT2D eigenvalue weighted by atomic mass is 16.6. The fourth-order valence-corrected chi connectivity index (χ4v) is 2.01. The first kappa shape index (κ1) is 14.0. The van der Waals surface area contributed by atoms with Crippen molar-refractivity contribution in [1.29, 1.82) is 0 Å². The van der Waals surface area contributed by atoms with Gasteiger partial charge < -0.3 is 10.4 Å². The van der Waals surface area contributed by atoms with E-state index in [9.17, 15) is 10.1 Å². The third kappa shape index (κ3) is 3.33. The first-order chi connectivity index (χ1) is 9.60. The zero-order chi connectivity index (χ0) is 14.5. The molecule has 0 aliphatic heterocycles. The number of nitrogens with zero attached hydrogens (tertiary/aromatic N) is 1. The summed E-state index contributed by atoms with van der Waals surface area (Å²) in [6.07, 6.45) is 0. The van der Waals surface area contributed by atoms with Crippen molar-refractivity contribution < 1.29 is 10.0 Å². The molecule has 5 nitrogen and oxygen atoms in total. The Bertz CT molecular complexity index is 626. The second-order valence-corrected chi connectivity index (χ2v) is 4.59. The number of hydrogen-bond donors (Lipinski definition) is 2. The summed E-state index contributed by atoms with van der Waals surface area (Å²) >= 11 is 0. The lowest BCUT2D eigenvalue weighted by atomic mass is 10.1. The fraction of sp³-hybridized carbons (Fsp3) is 0.200. The summed E-state index contributed by atoms with van der Waals surface area (Å²) in [4.78, 5) is 10.4. The zero-order valence-corrected chi connectivity index (χ0v) is 11.2. The van der Waals surface area contributed by atoms with Crippen LogP contribution >= 0.6 is 0 Å². The van der Waals surface area contributed by atoms with Crippen molar-refractivity contribution in [2.24, 2.45) is 0 Å². The van der Waals surface area contributed by atoms with Crippen LogP contribution in [0.2, 0.25) is 0 Å². The number of nitro groups is 1. The second kappa shape index (κ2) is 6.16. The molecule has 20 heavy (non-hydrogen) atoms. The Labute approximate surface area is 117 Å². The molecular formula is C15H16N2O3. The fourth-order valence-electron chi connectivity index (χ4n) is 2.01. The summed E-state index contributed by atoms with van der Waals surface area (Å²) in [5.74, 6) is 0. The highest BCUT2D eigenvalue weighted by Gasteiger charge is 2.09. The number of hydrogen-bond acceptors (Lipinski definition) is 4. The maximum absolute atomic E-state index is 10.7. The summed E-state index contributed by atoms with van der Waals surface area (Å²) in [7, 11) is 0. The average molecular weight is 272 g/mol. The summed E-state index contributed by atoms with van der Waals surface area (Å²) in [6, 6.07) is 12.6. The quantitative estimate of drug-likeness (QED) is 0.648. The van der Waals surface area contributed by atoms with E-state index < -0.39 is 0 Å². The Morgan fingerprint density at radius 3 is 2.60 bits per heavy atom. The van der Waals surface area contributed by atoms with Crippen molar-refractivity contribution in [2.75, 3.05) is 5.32 Å². The number of nitrogens with one attached hydrogen (secondary N) is 1. The van der Waals surface area contributed by atoms with Gasteiger partial charge in [-0.1, -0.05) is 24.3 Å². The first-order valence-electron chi connectivity index (χ1n) is 6.28. The number of benzene rings is 2. The van der Waals surface area contributed by atoms with Gasteiger partial charge in [-0.15, -0.1) is 0 Å². The van der Waals surface area contributed by atoms with Crippen molar-refractivity contribution >= 4 is 11.4 Å². The van der Waals surface area contributed by atoms with E-state index in [0.717, 1.165) is 16.8 Å². The molecule has 5 heteroatoms. The van der Waals surface area contributed by atoms with Gasteiger partial charge in [0.1, 0.15) is 0 Å². The van der Waals surface area contributed by atoms with Crippen molar-refractivity contribution in [1.82, 2.24) is 0 Å². The molecule has 0 spiro atoms. The Hall–Kier alpha value is -2.40. The lowest BCUT2D eigenvalue weighted by molar-refractivity contribution is -0.385. The molecule has 2 N–H and O–H groups in total. The van der Waals surface area contributed by atoms with Crippen LogP contribution in [0.15, 0.2) is 42.5 Å². The maximum atomic E-state index is 10.7. The smallest absolute Gasteiger partial charge is 0.272 e. The number of rotatable bonds is 5. The van der Waals surface area contributed by atoms with Crippen molar-refractivity contribution in [3.63, 3.8) is 0 Å². The Morgan fingerprint density at radius 1 is 1.20 bits per heavy atom. The summed E-state index contributed by atoms with van der Waals surface area (Å²) < 4.78 is 0. The minimum absolute atomic E-state index is 0.0183. The third-order valence-electron chi connectivity index (χ3n) is 3.06. The topological polar surface area (TPSA) is 75.4 Å². The maximum Gasteiger partial charge on any atom is 0.272 e. The lowest BCUT2D eigenvalue weighted by Gasteiger charge is -2.08. The van der Waals surface area contributed by atoms with E-state index in [1.807, 2.05) is 24.3 Å². The standard InChI is InChI=1S/C15H16N2O3/c1-11-7-14(5-6-15(11)17(19)20)16-9-12-3-2-4-13(8-12)10-18/h2-8,16,18H,9-10H2,1H3. The molecule has 0 unspecified atom stereocenters. The van der Waals surface area contributed by atoms with Gasteiger partial charge in [-0.2, -0.15) is 0 Å². The van der Waals surface area contributed by atoms with Gasteiger partial charge in [0.2, 0.25) is 0 Å². The van der Waals surface area contributed by atoms with Crippen LogP contribution in [0.4, 0.5) is 11.4 Å². The Balaban J connectivity index is 2.07. The van der Waals surface area contributed by atoms with Crippen LogP contribution in [0.5, 0.6) is 0 Å². The molecule has 0 aromatic heterocycles. The van der Waals surface area contributed by atoms with Crippen LogP contribution in [0.25, 0.3) is 0 Å². The van der Waals surface area contributed by atoms with Gasteiger partial charge in [0, 0.05) is 23.9 Å². The van der Waals surface area contributed by atoms with Gasteiger partial charge in [-0.25, -0.2) is 0 Å². The lowest BCUT2D eigenvalue weighted by Crippen LogP contribution is -2.01. The van der Waals surface area contributed by atoms with E-state index in [0.29, 0.717) is 12.1 Å². The molecule has 0 saturated carbocycles. The molecule has 0 radical (unpaired) electrons. The Morgan fingerprint density at radius 2 is 1.95 bits per heavy atom. The van der Waals surface area contributed by atoms with Crippen LogP contribution in [-0.2, 0) is 13.2 Å². The predicted octanol–water partition coefficient (Wildman–Crippen LogP) is 3.01. The largest absolute Gasteiger partial charge is 0.392 e. The molecule has 0 aliphatic carbocycles. The molecule has 0 fully saturated rings. The van der Waals surface area contributed by atoms with Gasteiger partial charge in [-0.05, 0) is 30.2 Å². The second-order valence-electron chi connectivity index (χ2n) is 4.59. The van der Waals surface area contributed by atoms with Gasteiger partial charge in [0.15, 0.2) is 0 Å². The molecule has 0 saturated heterocycles. The van der Waals surface area contributed by atoms with Crippen LogP contribution in [0.1, 0.15) is 16.7 Å². The van der Waals surface area contributed by atoms with Gasteiger partial charge in [0.25, 0.3) is 5.69 Å². The molecule has 0 amide bonds. The predicted molar refractivity (Wildman–Crippen MR) is 77.5 cm³/mol. The van der Waals surface area contributed by atoms with Crippen LogP contribution < -0.4 is 5.32 Å². The van der Waals surface area contributed by atoms with Crippen LogP contribution in [0, 0.1) is 17.0 Å². The van der Waals surface area contributed by atoms with Gasteiger partial charge in [-0.3, -0.25) is 10.1 Å². The third-order valence-corrected chi connectivity index (χ3v) is 3.06. The van der Waals surface area contributed by atoms with Crippen molar-refractivity contribution in [3.8, 4) is 0 Å². The van der Waals surface area contributed by atoms with E-state index in [2.05, 4.69) is 5.32 Å². The van der Waals surface area contributed by atoms with Crippen molar-refractivity contribution in [3.05, 3.63) is 69.3 Å². The molecule has 0 aliphatic rings. The van der Waals surface area contributed by atoms with Gasteiger partial charge in [0.05, 0.1) is 11.5 Å². The summed E-state index contributed by atoms with van der Waals surface area (Å²) in [5.41, 5.74) is 3.50. The highest BCUT2D eigenvalue weighted by molar-refractivity contribution is 5.53. The van der Waals surface area contributed by atoms with Crippen LogP contribution in [0.3, 0.4) is 0 Å². The van der Waals surface area contributed by atoms with Crippen molar-refractivity contribution in [2.45, 2.75) is 20.1 Å². The zero-order valence-electron chi connectivity index (χ0n) is 11.2. The molecule has 2 rings (SSSR count). The summed E-state index contributed by atoms with van der Waals surface area (Å²) in [6.45, 7) is 2.34. The Kier molecular flexibility index (Phi) is 4.32. The highest BCUT2D eigenvalue weighted by Crippen LogP contribution is 2.22. The number of anilines is 1. The van der Waals surface area contributed by atoms with Gasteiger partial charge >= 0.3 is 0 Å². The minimum atomic E-state index is -0.385. The molecule has 0 heterocycles. The number of nitro benzene ring substituents is 1. The van der Waals surface area contributed by atoms with E-state index in [1.54, 1.807) is 19.1 Å². The number of aliphatic hydroxyl groups excluding tert-OH is 1. The molecule has 2 aromatic carbocycles.